The summed E-state index contributed by atoms with van der Waals surface area (Å²) in [6.07, 6.45) is -1.76. The fourth-order valence-electron chi connectivity index (χ4n) is 11.9. The van der Waals surface area contributed by atoms with Gasteiger partial charge in [0.2, 0.25) is 88.6 Å². The van der Waals surface area contributed by atoms with Gasteiger partial charge in [-0.3, -0.25) is 88.1 Å². The zero-order valence-corrected chi connectivity index (χ0v) is 67.0. The summed E-state index contributed by atoms with van der Waals surface area (Å²) in [7, 11) is 0. The first-order valence-electron chi connectivity index (χ1n) is 38.2. The van der Waals surface area contributed by atoms with E-state index >= 15 is 0 Å². The van der Waals surface area contributed by atoms with Gasteiger partial charge in [-0.1, -0.05) is 84.0 Å². The van der Waals surface area contributed by atoms with Gasteiger partial charge in [-0.25, -0.2) is 4.98 Å². The summed E-state index contributed by atoms with van der Waals surface area (Å²) < 4.78 is 0. The van der Waals surface area contributed by atoms with E-state index in [1.54, 1.807) is 58.0 Å². The van der Waals surface area contributed by atoms with Crippen molar-refractivity contribution in [3.05, 3.63) is 83.9 Å². The van der Waals surface area contributed by atoms with E-state index in [2.05, 4.69) is 89.7 Å². The topological polar surface area (TPSA) is 733 Å². The summed E-state index contributed by atoms with van der Waals surface area (Å²) in [5.41, 5.74) is 34.6. The number of amides is 15. The summed E-state index contributed by atoms with van der Waals surface area (Å²) in [6, 6.07) is -4.54. The molecule has 646 valence electrons. The van der Waals surface area contributed by atoms with Gasteiger partial charge in [0.1, 0.15) is 78.3 Å². The lowest BCUT2D eigenvalue weighted by molar-refractivity contribution is -0.138. The van der Waals surface area contributed by atoms with Gasteiger partial charge < -0.3 is 129 Å². The number of carbonyl (C=O) groups is 15. The Morgan fingerprint density at radius 3 is 1.18 bits per heavy atom. The van der Waals surface area contributed by atoms with E-state index < -0.39 is 210 Å². The van der Waals surface area contributed by atoms with E-state index in [9.17, 15) is 82.1 Å². The number of carbonyl (C=O) groups excluding carboxylic acids is 15. The molecule has 3 rings (SSSR count). The fraction of sp³-hybridized carbons (Fsp3) is 0.554. The molecule has 0 aliphatic rings. The molecule has 117 heavy (non-hydrogen) atoms. The van der Waals surface area contributed by atoms with Crippen LogP contribution in [0, 0.1) is 34.0 Å². The number of aromatic amines is 1. The number of H-pyrrole nitrogens is 1. The third-order valence-corrected chi connectivity index (χ3v) is 17.8. The van der Waals surface area contributed by atoms with Crippen molar-refractivity contribution >= 4 is 106 Å². The van der Waals surface area contributed by atoms with Crippen LogP contribution in [-0.4, -0.2) is 225 Å². The second-order valence-electron chi connectivity index (χ2n) is 29.4. The molecule has 0 bridgehead atoms. The molecule has 1 aromatic heterocycles. The molecule has 0 saturated carbocycles. The molecule has 0 spiro atoms. The van der Waals surface area contributed by atoms with Crippen molar-refractivity contribution in [2.24, 2.45) is 52.2 Å². The number of aromatic hydroxyl groups is 1. The van der Waals surface area contributed by atoms with Gasteiger partial charge in [0, 0.05) is 64.1 Å². The number of phenols is 1. The molecule has 1 heterocycles. The lowest BCUT2D eigenvalue weighted by Crippen LogP contribution is -2.63. The SMILES string of the molecule is CC(=O)N[C@@H](CCCNC(=N)N)C(=O)N[C@@H](Cc1cnc[nH]1)C(=O)N[C@@H](Cc1ccccc1)C(=O)N[C@@H](CC(C)C)C(=O)N[C@@H](CC(N)=O)C(=O)N[C@@H](CC(C)C)C(=O)N[C@H](C(=O)N[C@H](C(=O)N[C@@H](CCCNC(=N)N)C(=O)N[C@@H](CCC(N)=O)C(=O)N[C@@H](CCCNC(=N)N)C(=O)N[C@@H](Cc1ccc(O)cc1)C(N)=O)[C@@H](C)O)C(C)C. The van der Waals surface area contributed by atoms with Gasteiger partial charge in [0.25, 0.3) is 0 Å². The van der Waals surface area contributed by atoms with Crippen LogP contribution >= 0.6 is 0 Å². The van der Waals surface area contributed by atoms with E-state index in [1.807, 2.05) is 0 Å². The quantitative estimate of drug-likeness (QED) is 0.0142. The van der Waals surface area contributed by atoms with Crippen LogP contribution in [0.3, 0.4) is 0 Å². The lowest BCUT2D eigenvalue weighted by Gasteiger charge is -2.30. The molecule has 2 aromatic carbocycles. The highest BCUT2D eigenvalue weighted by Crippen LogP contribution is 2.17. The highest BCUT2D eigenvalue weighted by atomic mass is 16.3. The first kappa shape index (κ1) is 98.5. The Balaban J connectivity index is 1.95. The number of hydrogen-bond acceptors (Lipinski definition) is 21. The molecule has 0 fully saturated rings. The lowest BCUT2D eigenvalue weighted by atomic mass is 9.98. The summed E-state index contributed by atoms with van der Waals surface area (Å²) in [5.74, 6) is -17.4. The molecular formula is C74H118N26O17. The van der Waals surface area contributed by atoms with Crippen LogP contribution in [0.1, 0.15) is 143 Å². The standard InChI is InChI=1S/C74H118N26O17/c1-37(2)29-51(94-66(112)53(32-42-15-10-9-11-16-42)96-67(113)54(33-44-35-84-36-88-44)97-61(107)46(89-41(8)102)17-12-26-85-72(78)79)65(111)98-55(34-57(76)105)68(114)95-52(30-38(3)4)69(115)99-58(39(5)6)70(116)100-59(40(7)101)71(117)92-48(19-14-28-87-74(82)83)62(108)91-49(24-25-56(75)104)64(110)90-47(18-13-27-86-73(80)81)63(109)93-50(60(77)106)31-43-20-22-45(103)23-21-43/h9-11,15-16,20-23,35-40,46-55,58-59,101,103H,12-14,17-19,24-34H2,1-8H3,(H2,75,104)(H2,76,105)(H2,77,106)(H,84,88)(H,89,102)(H,90,110)(H,91,108)(H,92,117)(H,93,109)(H,94,112)(H,95,114)(H,96,113)(H,97,107)(H,98,111)(H,99,115)(H,100,116)(H4,78,79,85)(H4,80,81,86)(H4,82,83,87)/t40-,46+,47+,48+,49+,50+,51+,52+,53+,54+,55+,58+,59+/m1/s1. The van der Waals surface area contributed by atoms with Crippen molar-refractivity contribution < 1.29 is 82.1 Å². The number of primary amides is 3. The van der Waals surface area contributed by atoms with E-state index in [1.165, 1.54) is 57.6 Å². The van der Waals surface area contributed by atoms with Crippen molar-refractivity contribution in [1.29, 1.82) is 16.2 Å². The van der Waals surface area contributed by atoms with Gasteiger partial charge in [-0.2, -0.15) is 0 Å². The molecule has 0 radical (unpaired) electrons. The fourth-order valence-corrected chi connectivity index (χ4v) is 11.9. The number of aliphatic hydroxyl groups is 1. The minimum atomic E-state index is -1.92. The summed E-state index contributed by atoms with van der Waals surface area (Å²) in [5, 5.41) is 81.9. The van der Waals surface area contributed by atoms with Crippen LogP contribution in [0.15, 0.2) is 67.1 Å². The molecule has 0 aliphatic heterocycles. The number of aromatic nitrogens is 2. The molecule has 15 amide bonds. The Morgan fingerprint density at radius 1 is 0.410 bits per heavy atom. The number of nitrogens with one attached hydrogen (secondary N) is 19. The Kier molecular flexibility index (Phi) is 42.5. The zero-order chi connectivity index (χ0) is 87.8. The predicted octanol–water partition coefficient (Wildman–Crippen LogP) is -6.47. The van der Waals surface area contributed by atoms with Crippen LogP contribution in [-0.2, 0) is 91.2 Å². The second kappa shape index (κ2) is 50.5. The van der Waals surface area contributed by atoms with Crippen molar-refractivity contribution in [2.45, 2.75) is 224 Å². The number of imidazole rings is 1. The molecule has 13 atom stereocenters. The number of guanidine groups is 3. The monoisotopic (exact) mass is 1640 g/mol. The zero-order valence-electron chi connectivity index (χ0n) is 67.0. The van der Waals surface area contributed by atoms with Crippen LogP contribution in [0.5, 0.6) is 5.75 Å². The highest BCUT2D eigenvalue weighted by molar-refractivity contribution is 6.01. The average Bonchev–Trinajstić information content (AvgIpc) is 1.07. The second-order valence-corrected chi connectivity index (χ2v) is 29.4. The van der Waals surface area contributed by atoms with Gasteiger partial charge in [0.05, 0.1) is 18.9 Å². The molecule has 0 aliphatic carbocycles. The maximum absolute atomic E-state index is 14.7. The number of nitrogens with zero attached hydrogens (tertiary/aromatic N) is 1. The van der Waals surface area contributed by atoms with Crippen molar-refractivity contribution in [2.75, 3.05) is 19.6 Å². The molecule has 43 heteroatoms. The maximum Gasteiger partial charge on any atom is 0.245 e. The molecule has 0 unspecified atom stereocenters. The normalized spacial score (nSPS) is 14.4. The van der Waals surface area contributed by atoms with Crippen LogP contribution in [0.25, 0.3) is 0 Å². The van der Waals surface area contributed by atoms with Crippen molar-refractivity contribution in [3.8, 4) is 5.75 Å². The van der Waals surface area contributed by atoms with Gasteiger partial charge in [-0.05, 0) is 106 Å². The Morgan fingerprint density at radius 2 is 0.769 bits per heavy atom. The third-order valence-electron chi connectivity index (χ3n) is 17.8. The first-order chi connectivity index (χ1) is 55.0. The van der Waals surface area contributed by atoms with Crippen LogP contribution in [0.2, 0.25) is 0 Å². The largest absolute Gasteiger partial charge is 0.508 e. The Labute approximate surface area is 677 Å². The van der Waals surface area contributed by atoms with Gasteiger partial charge >= 0.3 is 0 Å². The van der Waals surface area contributed by atoms with Crippen molar-refractivity contribution in [3.63, 3.8) is 0 Å². The smallest absolute Gasteiger partial charge is 0.245 e. The molecule has 0 saturated heterocycles. The average molecular weight is 1640 g/mol. The van der Waals surface area contributed by atoms with Crippen molar-refractivity contribution in [1.82, 2.24) is 89.7 Å². The number of nitrogens with two attached hydrogens (primary N) is 6. The van der Waals surface area contributed by atoms with Gasteiger partial charge in [-0.15, -0.1) is 0 Å². The minimum Gasteiger partial charge on any atom is -0.508 e. The van der Waals surface area contributed by atoms with E-state index in [0.29, 0.717) is 16.8 Å². The number of hydrogen-bond donors (Lipinski definition) is 27. The summed E-state index contributed by atoms with van der Waals surface area (Å²) >= 11 is 0. The first-order valence-corrected chi connectivity index (χ1v) is 38.2. The molecule has 3 aromatic rings. The van der Waals surface area contributed by atoms with E-state index in [4.69, 9.17) is 50.6 Å². The molecule has 33 N–H and O–H groups in total. The van der Waals surface area contributed by atoms with E-state index in [-0.39, 0.29) is 108 Å². The number of rotatable bonds is 53. The molecule has 43 nitrogen and oxygen atoms in total. The Hall–Kier alpha value is -12.7. The number of phenolic OH excluding ortho intramolecular Hbond substituents is 1. The Bertz CT molecular complexity index is 3870. The molecular weight excluding hydrogens is 1520 g/mol. The highest BCUT2D eigenvalue weighted by Gasteiger charge is 2.39. The maximum atomic E-state index is 14.7. The van der Waals surface area contributed by atoms with Crippen LogP contribution < -0.4 is 114 Å². The summed E-state index contributed by atoms with van der Waals surface area (Å²) in [4.78, 5) is 216. The van der Waals surface area contributed by atoms with E-state index in [0.717, 1.165) is 6.92 Å². The third kappa shape index (κ3) is 38.3. The number of benzene rings is 2. The number of aliphatic hydroxyl groups excluding tert-OH is 1. The summed E-state index contributed by atoms with van der Waals surface area (Å²) in [6.45, 7) is 12.3. The van der Waals surface area contributed by atoms with Crippen LogP contribution in [0.4, 0.5) is 0 Å². The van der Waals surface area contributed by atoms with Gasteiger partial charge in [0.15, 0.2) is 17.9 Å². The predicted molar refractivity (Wildman–Crippen MR) is 427 cm³/mol. The minimum absolute atomic E-state index is 0.0245.